The van der Waals surface area contributed by atoms with Gasteiger partial charge in [0.15, 0.2) is 0 Å². The normalized spacial score (nSPS) is 10.8. The lowest BCUT2D eigenvalue weighted by atomic mass is 10.1. The summed E-state index contributed by atoms with van der Waals surface area (Å²) in [4.78, 5) is 29.4. The SMILES string of the molecule is Cc1cc(C)n(C)c(=O)c1C(=O)NCCc1nc(-c2ccc(Cl)cc2)cs1. The van der Waals surface area contributed by atoms with E-state index in [-0.39, 0.29) is 17.0 Å². The van der Waals surface area contributed by atoms with Gasteiger partial charge in [0, 0.05) is 41.7 Å². The second kappa shape index (κ2) is 8.06. The Labute approximate surface area is 166 Å². The van der Waals surface area contributed by atoms with Crippen LogP contribution in [0.5, 0.6) is 0 Å². The number of halogens is 1. The lowest BCUT2D eigenvalue weighted by Gasteiger charge is -2.10. The highest BCUT2D eigenvalue weighted by atomic mass is 35.5. The van der Waals surface area contributed by atoms with E-state index in [1.807, 2.05) is 42.6 Å². The summed E-state index contributed by atoms with van der Waals surface area (Å²) in [6.45, 7) is 4.04. The molecule has 0 saturated heterocycles. The standard InChI is InChI=1S/C20H20ClN3O2S/c1-12-10-13(2)24(3)20(26)18(12)19(25)22-9-8-17-23-16(11-27-17)14-4-6-15(21)7-5-14/h4-7,10-11H,8-9H2,1-3H3,(H,22,25). The van der Waals surface area contributed by atoms with E-state index in [0.29, 0.717) is 23.6 Å². The van der Waals surface area contributed by atoms with Crippen molar-refractivity contribution in [2.24, 2.45) is 7.05 Å². The lowest BCUT2D eigenvalue weighted by Crippen LogP contribution is -2.35. The van der Waals surface area contributed by atoms with Crippen molar-refractivity contribution < 1.29 is 4.79 Å². The zero-order valence-electron chi connectivity index (χ0n) is 15.4. The van der Waals surface area contributed by atoms with E-state index in [4.69, 9.17) is 11.6 Å². The number of benzene rings is 1. The molecule has 140 valence electrons. The van der Waals surface area contributed by atoms with Crippen molar-refractivity contribution in [3.63, 3.8) is 0 Å². The minimum atomic E-state index is -0.345. The number of nitrogens with zero attached hydrogens (tertiary/aromatic N) is 2. The first-order chi connectivity index (χ1) is 12.9. The van der Waals surface area contributed by atoms with Gasteiger partial charge in [-0.1, -0.05) is 23.7 Å². The molecule has 0 radical (unpaired) electrons. The Morgan fingerprint density at radius 2 is 1.96 bits per heavy atom. The minimum Gasteiger partial charge on any atom is -0.351 e. The van der Waals surface area contributed by atoms with Gasteiger partial charge in [-0.25, -0.2) is 4.98 Å². The summed E-state index contributed by atoms with van der Waals surface area (Å²) < 4.78 is 1.49. The van der Waals surface area contributed by atoms with Crippen molar-refractivity contribution in [2.45, 2.75) is 20.3 Å². The molecule has 0 aliphatic carbocycles. The third-order valence-corrected chi connectivity index (χ3v) is 5.57. The van der Waals surface area contributed by atoms with Crippen LogP contribution >= 0.6 is 22.9 Å². The average Bonchev–Trinajstić information content (AvgIpc) is 3.09. The van der Waals surface area contributed by atoms with Gasteiger partial charge in [0.25, 0.3) is 11.5 Å². The summed E-state index contributed by atoms with van der Waals surface area (Å²) in [6.07, 6.45) is 0.606. The van der Waals surface area contributed by atoms with Crippen LogP contribution in [0, 0.1) is 13.8 Å². The molecular formula is C20H20ClN3O2S. The molecule has 0 unspecified atom stereocenters. The van der Waals surface area contributed by atoms with E-state index in [1.165, 1.54) is 4.57 Å². The summed E-state index contributed by atoms with van der Waals surface area (Å²) in [6, 6.07) is 9.37. The molecule has 0 spiro atoms. The van der Waals surface area contributed by atoms with E-state index < -0.39 is 0 Å². The number of thiazole rings is 1. The maximum Gasteiger partial charge on any atom is 0.263 e. The highest BCUT2D eigenvalue weighted by Gasteiger charge is 2.16. The van der Waals surface area contributed by atoms with Crippen molar-refractivity contribution in [3.8, 4) is 11.3 Å². The molecule has 0 bridgehead atoms. The number of carbonyl (C=O) groups is 1. The molecule has 27 heavy (non-hydrogen) atoms. The number of nitrogens with one attached hydrogen (secondary N) is 1. The third-order valence-electron chi connectivity index (χ3n) is 4.41. The number of rotatable bonds is 5. The molecule has 7 heteroatoms. The van der Waals surface area contributed by atoms with E-state index in [0.717, 1.165) is 22.0 Å². The first-order valence-electron chi connectivity index (χ1n) is 8.52. The van der Waals surface area contributed by atoms with Crippen LogP contribution in [0.3, 0.4) is 0 Å². The van der Waals surface area contributed by atoms with Crippen LogP contribution < -0.4 is 10.9 Å². The molecule has 0 atom stereocenters. The van der Waals surface area contributed by atoms with Crippen LogP contribution in [-0.4, -0.2) is 22.0 Å². The molecule has 0 aliphatic rings. The highest BCUT2D eigenvalue weighted by molar-refractivity contribution is 7.09. The molecule has 0 aliphatic heterocycles. The summed E-state index contributed by atoms with van der Waals surface area (Å²) in [5.74, 6) is -0.345. The monoisotopic (exact) mass is 401 g/mol. The van der Waals surface area contributed by atoms with Crippen LogP contribution in [-0.2, 0) is 13.5 Å². The van der Waals surface area contributed by atoms with Crippen LogP contribution in [0.2, 0.25) is 5.02 Å². The van der Waals surface area contributed by atoms with Gasteiger partial charge < -0.3 is 9.88 Å². The summed E-state index contributed by atoms with van der Waals surface area (Å²) in [7, 11) is 1.67. The van der Waals surface area contributed by atoms with Gasteiger partial charge in [-0.3, -0.25) is 9.59 Å². The molecule has 1 amide bonds. The van der Waals surface area contributed by atoms with Gasteiger partial charge in [0.05, 0.1) is 10.7 Å². The number of hydrogen-bond donors (Lipinski definition) is 1. The lowest BCUT2D eigenvalue weighted by molar-refractivity contribution is 0.0951. The zero-order chi connectivity index (χ0) is 19.6. The van der Waals surface area contributed by atoms with E-state index in [2.05, 4.69) is 10.3 Å². The van der Waals surface area contributed by atoms with Crippen molar-refractivity contribution in [3.05, 3.63) is 72.9 Å². The molecule has 0 fully saturated rings. The Kier molecular flexibility index (Phi) is 5.77. The topological polar surface area (TPSA) is 64.0 Å². The van der Waals surface area contributed by atoms with Gasteiger partial charge in [-0.2, -0.15) is 0 Å². The first-order valence-corrected chi connectivity index (χ1v) is 9.78. The van der Waals surface area contributed by atoms with Crippen LogP contribution in [0.4, 0.5) is 0 Å². The Balaban J connectivity index is 1.64. The predicted octanol–water partition coefficient (Wildman–Crippen LogP) is 3.75. The number of aromatic nitrogens is 2. The molecule has 3 aromatic rings. The number of aryl methyl sites for hydroxylation is 2. The fourth-order valence-corrected chi connectivity index (χ4v) is 3.74. The fourth-order valence-electron chi connectivity index (χ4n) is 2.81. The number of pyridine rings is 1. The number of amides is 1. The van der Waals surface area contributed by atoms with Gasteiger partial charge in [-0.05, 0) is 37.6 Å². The third kappa shape index (κ3) is 4.28. The highest BCUT2D eigenvalue weighted by Crippen LogP contribution is 2.23. The van der Waals surface area contributed by atoms with Crippen molar-refractivity contribution in [1.29, 1.82) is 0 Å². The molecule has 3 rings (SSSR count). The second-order valence-corrected chi connectivity index (χ2v) is 7.73. The molecule has 1 N–H and O–H groups in total. The summed E-state index contributed by atoms with van der Waals surface area (Å²) in [5, 5.41) is 6.43. The van der Waals surface area contributed by atoms with E-state index in [9.17, 15) is 9.59 Å². The maximum absolute atomic E-state index is 12.4. The summed E-state index contributed by atoms with van der Waals surface area (Å²) >= 11 is 7.46. The number of carbonyl (C=O) groups excluding carboxylic acids is 1. The number of hydrogen-bond acceptors (Lipinski definition) is 4. The van der Waals surface area contributed by atoms with E-state index in [1.54, 1.807) is 25.3 Å². The van der Waals surface area contributed by atoms with Crippen molar-refractivity contribution >= 4 is 28.8 Å². The average molecular weight is 402 g/mol. The predicted molar refractivity (Wildman–Crippen MR) is 110 cm³/mol. The molecular weight excluding hydrogens is 382 g/mol. The Hall–Kier alpha value is -2.44. The zero-order valence-corrected chi connectivity index (χ0v) is 16.9. The Bertz CT molecular complexity index is 1040. The van der Waals surface area contributed by atoms with Gasteiger partial charge >= 0.3 is 0 Å². The van der Waals surface area contributed by atoms with Crippen molar-refractivity contribution in [2.75, 3.05) is 6.54 Å². The quantitative estimate of drug-likeness (QED) is 0.708. The Morgan fingerprint density at radius 3 is 2.67 bits per heavy atom. The molecule has 5 nitrogen and oxygen atoms in total. The Morgan fingerprint density at radius 1 is 1.26 bits per heavy atom. The largest absolute Gasteiger partial charge is 0.351 e. The maximum atomic E-state index is 12.4. The van der Waals surface area contributed by atoms with Gasteiger partial charge in [-0.15, -0.1) is 11.3 Å². The van der Waals surface area contributed by atoms with Gasteiger partial charge in [0.1, 0.15) is 5.56 Å². The molecule has 2 heterocycles. The minimum absolute atomic E-state index is 0.198. The van der Waals surface area contributed by atoms with Crippen LogP contribution in [0.25, 0.3) is 11.3 Å². The summed E-state index contributed by atoms with van der Waals surface area (Å²) in [5.41, 5.74) is 3.33. The molecule has 1 aromatic carbocycles. The smallest absolute Gasteiger partial charge is 0.263 e. The fraction of sp³-hybridized carbons (Fsp3) is 0.250. The van der Waals surface area contributed by atoms with Gasteiger partial charge in [0.2, 0.25) is 0 Å². The van der Waals surface area contributed by atoms with Crippen molar-refractivity contribution in [1.82, 2.24) is 14.9 Å². The second-order valence-electron chi connectivity index (χ2n) is 6.35. The van der Waals surface area contributed by atoms with Crippen LogP contribution in [0.15, 0.2) is 40.5 Å². The first kappa shape index (κ1) is 19.3. The van der Waals surface area contributed by atoms with Crippen LogP contribution in [0.1, 0.15) is 26.6 Å². The molecule has 2 aromatic heterocycles. The molecule has 0 saturated carbocycles. The van der Waals surface area contributed by atoms with E-state index >= 15 is 0 Å².